The lowest BCUT2D eigenvalue weighted by molar-refractivity contribution is -0.141. The van der Waals surface area contributed by atoms with Crippen molar-refractivity contribution in [1.82, 2.24) is 20.9 Å². The van der Waals surface area contributed by atoms with E-state index in [2.05, 4.69) is 16.0 Å². The summed E-state index contributed by atoms with van der Waals surface area (Å²) in [5.74, 6) is -3.53. The van der Waals surface area contributed by atoms with Crippen LogP contribution >= 0.6 is 11.8 Å². The molecule has 12 nitrogen and oxygen atoms in total. The Morgan fingerprint density at radius 1 is 1.06 bits per heavy atom. The number of nitrogens with two attached hydrogens (primary N) is 1. The molecule has 0 aromatic carbocycles. The topological polar surface area (TPSA) is 188 Å². The molecule has 1 rings (SSSR count). The normalized spacial score (nSPS) is 18.0. The lowest BCUT2D eigenvalue weighted by Crippen LogP contribution is -2.57. The number of amides is 5. The number of rotatable bonds is 13. The zero-order chi connectivity index (χ0) is 25.1. The minimum atomic E-state index is -1.24. The molecule has 6 N–H and O–H groups in total. The first-order valence-corrected chi connectivity index (χ1v) is 12.1. The molecule has 1 heterocycles. The number of likely N-dealkylation sites (tertiary alicyclic amines) is 1. The average molecular weight is 488 g/mol. The maximum atomic E-state index is 13.1. The highest BCUT2D eigenvalue weighted by atomic mass is 32.2. The molecule has 0 aromatic heterocycles. The number of primary amides is 1. The maximum Gasteiger partial charge on any atom is 0.303 e. The van der Waals surface area contributed by atoms with Gasteiger partial charge in [-0.3, -0.25) is 28.8 Å². The van der Waals surface area contributed by atoms with E-state index in [-0.39, 0.29) is 12.8 Å². The third kappa shape index (κ3) is 9.28. The number of aliphatic carboxylic acids is 1. The highest BCUT2D eigenvalue weighted by Crippen LogP contribution is 2.19. The molecule has 5 amide bonds. The number of carbonyl (C=O) groups is 6. The number of hydrogen-bond acceptors (Lipinski definition) is 7. The highest BCUT2D eigenvalue weighted by Gasteiger charge is 2.37. The molecular formula is C20H33N5O7S. The molecule has 1 saturated heterocycles. The number of nitrogens with one attached hydrogen (secondary N) is 3. The third-order valence-electron chi connectivity index (χ3n) is 5.18. The van der Waals surface area contributed by atoms with Gasteiger partial charge in [-0.1, -0.05) is 0 Å². The van der Waals surface area contributed by atoms with Crippen LogP contribution in [0.2, 0.25) is 0 Å². The largest absolute Gasteiger partial charge is 0.481 e. The van der Waals surface area contributed by atoms with Crippen molar-refractivity contribution in [2.75, 3.05) is 18.6 Å². The highest BCUT2D eigenvalue weighted by molar-refractivity contribution is 7.98. The molecule has 0 aliphatic carbocycles. The molecule has 186 valence electrons. The van der Waals surface area contributed by atoms with Crippen molar-refractivity contribution in [3.05, 3.63) is 0 Å². The molecule has 0 bridgehead atoms. The summed E-state index contributed by atoms with van der Waals surface area (Å²) in [6, 6.07) is -3.90. The van der Waals surface area contributed by atoms with E-state index >= 15 is 0 Å². The second-order valence-electron chi connectivity index (χ2n) is 7.85. The fourth-order valence-electron chi connectivity index (χ4n) is 3.50. The Labute approximate surface area is 196 Å². The number of nitrogens with zero attached hydrogens (tertiary/aromatic N) is 1. The number of hydrogen-bond donors (Lipinski definition) is 5. The maximum absolute atomic E-state index is 13.1. The summed E-state index contributed by atoms with van der Waals surface area (Å²) in [5.41, 5.74) is 5.40. The SMILES string of the molecule is CSCC[C@H](NC(=O)[C@H](CCC(=O)O)NC(=O)C(C)NC(C)=O)C(=O)N1CCCC1C(N)=O. The minimum Gasteiger partial charge on any atom is -0.481 e. The van der Waals surface area contributed by atoms with Crippen LogP contribution < -0.4 is 21.7 Å². The standard InChI is InChI=1S/C20H33N5O7S/c1-11(22-12(2)26)18(30)23-13(6-7-16(27)28)19(31)24-14(8-10-33-3)20(32)25-9-4-5-15(25)17(21)29/h11,13-15H,4-10H2,1-3H3,(H2,21,29)(H,22,26)(H,23,30)(H,24,31)(H,27,28)/t11?,13-,14-,15?/m0/s1. The Hall–Kier alpha value is -2.83. The van der Waals surface area contributed by atoms with E-state index in [1.807, 2.05) is 6.26 Å². The molecule has 1 aliphatic rings. The zero-order valence-electron chi connectivity index (χ0n) is 19.1. The van der Waals surface area contributed by atoms with Crippen molar-refractivity contribution in [3.63, 3.8) is 0 Å². The molecule has 0 radical (unpaired) electrons. The zero-order valence-corrected chi connectivity index (χ0v) is 19.9. The lowest BCUT2D eigenvalue weighted by Gasteiger charge is -2.29. The van der Waals surface area contributed by atoms with Crippen molar-refractivity contribution < 1.29 is 33.9 Å². The number of thioether (sulfide) groups is 1. The Kier molecular flexibility index (Phi) is 11.7. The molecule has 33 heavy (non-hydrogen) atoms. The summed E-state index contributed by atoms with van der Waals surface area (Å²) >= 11 is 1.47. The van der Waals surface area contributed by atoms with E-state index in [9.17, 15) is 28.8 Å². The quantitative estimate of drug-likeness (QED) is 0.209. The van der Waals surface area contributed by atoms with E-state index in [4.69, 9.17) is 10.8 Å². The van der Waals surface area contributed by atoms with Crippen molar-refractivity contribution in [3.8, 4) is 0 Å². The van der Waals surface area contributed by atoms with Gasteiger partial charge in [-0.2, -0.15) is 11.8 Å². The first kappa shape index (κ1) is 28.2. The van der Waals surface area contributed by atoms with Crippen LogP contribution in [-0.4, -0.2) is 88.2 Å². The van der Waals surface area contributed by atoms with Gasteiger partial charge in [-0.25, -0.2) is 0 Å². The van der Waals surface area contributed by atoms with Crippen LogP contribution in [-0.2, 0) is 28.8 Å². The number of carboxylic acid groups (broad SMARTS) is 1. The predicted octanol–water partition coefficient (Wildman–Crippen LogP) is -1.43. The number of carboxylic acids is 1. The molecule has 0 aromatic rings. The Morgan fingerprint density at radius 2 is 1.70 bits per heavy atom. The van der Waals surface area contributed by atoms with Gasteiger partial charge in [0.15, 0.2) is 0 Å². The molecule has 0 saturated carbocycles. The van der Waals surface area contributed by atoms with Gasteiger partial charge < -0.3 is 31.7 Å². The second kappa shape index (κ2) is 13.7. The van der Waals surface area contributed by atoms with E-state index in [1.165, 1.54) is 30.5 Å². The Morgan fingerprint density at radius 3 is 2.24 bits per heavy atom. The van der Waals surface area contributed by atoms with Crippen molar-refractivity contribution in [2.45, 2.75) is 70.1 Å². The van der Waals surface area contributed by atoms with Crippen LogP contribution in [0.25, 0.3) is 0 Å². The van der Waals surface area contributed by atoms with Gasteiger partial charge in [0, 0.05) is 19.9 Å². The molecule has 1 fully saturated rings. The molecular weight excluding hydrogens is 454 g/mol. The summed E-state index contributed by atoms with van der Waals surface area (Å²) in [5, 5.41) is 16.4. The first-order chi connectivity index (χ1) is 15.5. The van der Waals surface area contributed by atoms with Crippen molar-refractivity contribution in [2.24, 2.45) is 5.73 Å². The predicted molar refractivity (Wildman–Crippen MR) is 121 cm³/mol. The van der Waals surface area contributed by atoms with Crippen LogP contribution in [0.4, 0.5) is 0 Å². The van der Waals surface area contributed by atoms with Gasteiger partial charge in [0.05, 0.1) is 0 Å². The number of carbonyl (C=O) groups excluding carboxylic acids is 5. The molecule has 0 spiro atoms. The summed E-state index contributed by atoms with van der Waals surface area (Å²) in [7, 11) is 0. The van der Waals surface area contributed by atoms with Crippen LogP contribution in [0.15, 0.2) is 0 Å². The third-order valence-corrected chi connectivity index (χ3v) is 5.83. The first-order valence-electron chi connectivity index (χ1n) is 10.7. The van der Waals surface area contributed by atoms with Gasteiger partial charge in [0.1, 0.15) is 24.2 Å². The molecule has 1 aliphatic heterocycles. The second-order valence-corrected chi connectivity index (χ2v) is 8.84. The van der Waals surface area contributed by atoms with E-state index in [1.54, 1.807) is 0 Å². The summed E-state index contributed by atoms with van der Waals surface area (Å²) in [4.78, 5) is 73.7. The average Bonchev–Trinajstić information content (AvgIpc) is 3.22. The van der Waals surface area contributed by atoms with Crippen LogP contribution in [0.1, 0.15) is 46.0 Å². The van der Waals surface area contributed by atoms with E-state index in [0.29, 0.717) is 25.1 Å². The fourth-order valence-corrected chi connectivity index (χ4v) is 3.97. The fraction of sp³-hybridized carbons (Fsp3) is 0.700. The van der Waals surface area contributed by atoms with Gasteiger partial charge in [0.25, 0.3) is 0 Å². The van der Waals surface area contributed by atoms with E-state index in [0.717, 1.165) is 0 Å². The Bertz CT molecular complexity index is 763. The van der Waals surface area contributed by atoms with Crippen molar-refractivity contribution in [1.29, 1.82) is 0 Å². The molecule has 2 unspecified atom stereocenters. The van der Waals surface area contributed by atoms with Gasteiger partial charge >= 0.3 is 5.97 Å². The van der Waals surface area contributed by atoms with Crippen LogP contribution in [0.5, 0.6) is 0 Å². The van der Waals surface area contributed by atoms with Gasteiger partial charge in [0.2, 0.25) is 29.5 Å². The van der Waals surface area contributed by atoms with Crippen LogP contribution in [0.3, 0.4) is 0 Å². The van der Waals surface area contributed by atoms with Crippen molar-refractivity contribution >= 4 is 47.3 Å². The Balaban J connectivity index is 2.99. The summed E-state index contributed by atoms with van der Waals surface area (Å²) in [6.45, 7) is 2.99. The summed E-state index contributed by atoms with van der Waals surface area (Å²) < 4.78 is 0. The monoisotopic (exact) mass is 487 g/mol. The summed E-state index contributed by atoms with van der Waals surface area (Å²) in [6.07, 6.45) is 2.56. The van der Waals surface area contributed by atoms with E-state index < -0.39 is 66.1 Å². The molecule has 13 heteroatoms. The smallest absolute Gasteiger partial charge is 0.303 e. The lowest BCUT2D eigenvalue weighted by atomic mass is 10.1. The molecule has 4 atom stereocenters. The van der Waals surface area contributed by atoms with Crippen LogP contribution in [0, 0.1) is 0 Å². The minimum absolute atomic E-state index is 0.212. The van der Waals surface area contributed by atoms with Gasteiger partial charge in [-0.05, 0) is 44.6 Å². The van der Waals surface area contributed by atoms with Gasteiger partial charge in [-0.15, -0.1) is 0 Å².